The van der Waals surface area contributed by atoms with Crippen LogP contribution in [-0.4, -0.2) is 18.2 Å². The number of benzene rings is 2. The van der Waals surface area contributed by atoms with Crippen molar-refractivity contribution in [3.8, 4) is 17.1 Å². The van der Waals surface area contributed by atoms with Gasteiger partial charge >= 0.3 is 0 Å². The number of rotatable bonds is 5. The van der Waals surface area contributed by atoms with Crippen molar-refractivity contribution in [2.24, 2.45) is 0 Å². The van der Waals surface area contributed by atoms with Crippen molar-refractivity contribution < 1.29 is 22.8 Å². The molecule has 0 saturated carbocycles. The molecule has 0 saturated heterocycles. The monoisotopic (exact) mass is 344 g/mol. The molecule has 0 aliphatic rings. The molecule has 7 heteroatoms. The van der Waals surface area contributed by atoms with Crippen molar-refractivity contribution in [2.75, 3.05) is 12.4 Å². The fraction of sp³-hybridized carbons (Fsp3) is 0.111. The second-order valence-electron chi connectivity index (χ2n) is 5.26. The SMILES string of the molecule is COc1ccc(-c2cc(CC(=O)Nc3ccc(F)c(F)c3)no2)cc1. The average Bonchev–Trinajstić information content (AvgIpc) is 3.06. The first-order chi connectivity index (χ1) is 12.0. The highest BCUT2D eigenvalue weighted by Crippen LogP contribution is 2.23. The fourth-order valence-electron chi connectivity index (χ4n) is 2.23. The van der Waals surface area contributed by atoms with E-state index < -0.39 is 17.5 Å². The summed E-state index contributed by atoms with van der Waals surface area (Å²) in [6.07, 6.45) is -0.0569. The number of nitrogens with zero attached hydrogens (tertiary/aromatic N) is 1. The largest absolute Gasteiger partial charge is 0.497 e. The van der Waals surface area contributed by atoms with E-state index in [1.54, 1.807) is 25.3 Å². The van der Waals surface area contributed by atoms with Gasteiger partial charge in [0, 0.05) is 23.4 Å². The van der Waals surface area contributed by atoms with Gasteiger partial charge in [-0.25, -0.2) is 8.78 Å². The van der Waals surface area contributed by atoms with Gasteiger partial charge in [-0.2, -0.15) is 0 Å². The summed E-state index contributed by atoms with van der Waals surface area (Å²) in [7, 11) is 1.58. The molecule has 0 aliphatic carbocycles. The Morgan fingerprint density at radius 1 is 1.12 bits per heavy atom. The molecule has 25 heavy (non-hydrogen) atoms. The molecule has 1 amide bonds. The number of amides is 1. The van der Waals surface area contributed by atoms with Crippen molar-refractivity contribution in [3.05, 3.63) is 65.9 Å². The van der Waals surface area contributed by atoms with Gasteiger partial charge in [-0.1, -0.05) is 5.16 Å². The van der Waals surface area contributed by atoms with Gasteiger partial charge < -0.3 is 14.6 Å². The van der Waals surface area contributed by atoms with Crippen LogP contribution in [0.2, 0.25) is 0 Å². The molecule has 3 aromatic rings. The van der Waals surface area contributed by atoms with Crippen molar-refractivity contribution in [1.29, 1.82) is 0 Å². The lowest BCUT2D eigenvalue weighted by atomic mass is 10.1. The molecule has 0 fully saturated rings. The minimum absolute atomic E-state index is 0.0569. The van der Waals surface area contributed by atoms with Crippen LogP contribution in [0.5, 0.6) is 5.75 Å². The fourth-order valence-corrected chi connectivity index (χ4v) is 2.23. The van der Waals surface area contributed by atoms with E-state index in [-0.39, 0.29) is 12.1 Å². The Kier molecular flexibility index (Phi) is 4.74. The van der Waals surface area contributed by atoms with Gasteiger partial charge in [0.2, 0.25) is 5.91 Å². The molecule has 5 nitrogen and oxygen atoms in total. The van der Waals surface area contributed by atoms with Gasteiger partial charge in [-0.3, -0.25) is 4.79 Å². The molecule has 0 aliphatic heterocycles. The van der Waals surface area contributed by atoms with E-state index in [1.807, 2.05) is 12.1 Å². The molecular weight excluding hydrogens is 330 g/mol. The third-order valence-electron chi connectivity index (χ3n) is 3.48. The second kappa shape index (κ2) is 7.12. The third-order valence-corrected chi connectivity index (χ3v) is 3.48. The average molecular weight is 344 g/mol. The Bertz CT molecular complexity index is 892. The minimum atomic E-state index is -1.03. The van der Waals surface area contributed by atoms with E-state index in [0.29, 0.717) is 11.5 Å². The van der Waals surface area contributed by atoms with Gasteiger partial charge in [0.1, 0.15) is 5.75 Å². The predicted molar refractivity (Wildman–Crippen MR) is 87.2 cm³/mol. The lowest BCUT2D eigenvalue weighted by Crippen LogP contribution is -2.14. The lowest BCUT2D eigenvalue weighted by Gasteiger charge is -2.04. The van der Waals surface area contributed by atoms with Gasteiger partial charge in [0.25, 0.3) is 0 Å². The number of anilines is 1. The van der Waals surface area contributed by atoms with E-state index in [1.165, 1.54) is 6.07 Å². The van der Waals surface area contributed by atoms with E-state index in [9.17, 15) is 13.6 Å². The quantitative estimate of drug-likeness (QED) is 0.764. The molecule has 0 atom stereocenters. The molecule has 3 rings (SSSR count). The highest BCUT2D eigenvalue weighted by molar-refractivity contribution is 5.92. The number of ether oxygens (including phenoxy) is 1. The summed E-state index contributed by atoms with van der Waals surface area (Å²) in [5.41, 5.74) is 1.38. The Morgan fingerprint density at radius 3 is 2.56 bits per heavy atom. The molecule has 1 aromatic heterocycles. The van der Waals surface area contributed by atoms with Crippen LogP contribution in [0.25, 0.3) is 11.3 Å². The molecule has 0 spiro atoms. The van der Waals surface area contributed by atoms with Crippen LogP contribution < -0.4 is 10.1 Å². The zero-order valence-electron chi connectivity index (χ0n) is 13.3. The van der Waals surface area contributed by atoms with Crippen molar-refractivity contribution >= 4 is 11.6 Å². The number of aromatic nitrogens is 1. The van der Waals surface area contributed by atoms with Gasteiger partial charge in [0.05, 0.1) is 19.2 Å². The minimum Gasteiger partial charge on any atom is -0.497 e. The normalized spacial score (nSPS) is 10.5. The Hall–Kier alpha value is -3.22. The summed E-state index contributed by atoms with van der Waals surface area (Å²) in [5, 5.41) is 6.33. The first-order valence-corrected chi connectivity index (χ1v) is 7.40. The number of nitrogens with one attached hydrogen (secondary N) is 1. The summed E-state index contributed by atoms with van der Waals surface area (Å²) in [6, 6.07) is 12.0. The van der Waals surface area contributed by atoms with Crippen LogP contribution in [0.3, 0.4) is 0 Å². The molecule has 0 unspecified atom stereocenters. The summed E-state index contributed by atoms with van der Waals surface area (Å²) in [6.45, 7) is 0. The molecule has 2 aromatic carbocycles. The smallest absolute Gasteiger partial charge is 0.230 e. The number of hydrogen-bond donors (Lipinski definition) is 1. The topological polar surface area (TPSA) is 64.4 Å². The number of carbonyl (C=O) groups is 1. The summed E-state index contributed by atoms with van der Waals surface area (Å²) in [4.78, 5) is 12.0. The maximum absolute atomic E-state index is 13.1. The van der Waals surface area contributed by atoms with Gasteiger partial charge in [-0.05, 0) is 36.4 Å². The number of halogens is 2. The summed E-state index contributed by atoms with van der Waals surface area (Å²) < 4.78 is 36.3. The van der Waals surface area contributed by atoms with Crippen molar-refractivity contribution in [1.82, 2.24) is 5.16 Å². The van der Waals surface area contributed by atoms with Crippen molar-refractivity contribution in [2.45, 2.75) is 6.42 Å². The highest BCUT2D eigenvalue weighted by atomic mass is 19.2. The van der Waals surface area contributed by atoms with Crippen molar-refractivity contribution in [3.63, 3.8) is 0 Å². The second-order valence-corrected chi connectivity index (χ2v) is 5.26. The number of methoxy groups -OCH3 is 1. The maximum atomic E-state index is 13.1. The van der Waals surface area contributed by atoms with Crippen LogP contribution in [0.1, 0.15) is 5.69 Å². The Labute approximate surface area is 142 Å². The highest BCUT2D eigenvalue weighted by Gasteiger charge is 2.12. The Balaban J connectivity index is 1.65. The maximum Gasteiger partial charge on any atom is 0.230 e. The van der Waals surface area contributed by atoms with Crippen LogP contribution in [-0.2, 0) is 11.2 Å². The van der Waals surface area contributed by atoms with Crippen LogP contribution >= 0.6 is 0 Å². The van der Waals surface area contributed by atoms with Gasteiger partial charge in [-0.15, -0.1) is 0 Å². The number of carbonyl (C=O) groups excluding carboxylic acids is 1. The molecule has 1 heterocycles. The van der Waals surface area contributed by atoms with Crippen LogP contribution in [0, 0.1) is 11.6 Å². The van der Waals surface area contributed by atoms with E-state index in [4.69, 9.17) is 9.26 Å². The molecule has 0 bridgehead atoms. The molecule has 1 N–H and O–H groups in total. The first-order valence-electron chi connectivity index (χ1n) is 7.40. The Morgan fingerprint density at radius 2 is 1.88 bits per heavy atom. The first kappa shape index (κ1) is 16.6. The standard InChI is InChI=1S/C18H14F2N2O3/c1-24-14-5-2-11(3-6-14)17-9-13(22-25-17)10-18(23)21-12-4-7-15(19)16(20)8-12/h2-9H,10H2,1H3,(H,21,23). The zero-order chi connectivity index (χ0) is 17.8. The van der Waals surface area contributed by atoms with Crippen LogP contribution in [0.4, 0.5) is 14.5 Å². The van der Waals surface area contributed by atoms with Gasteiger partial charge in [0.15, 0.2) is 17.4 Å². The summed E-state index contributed by atoms with van der Waals surface area (Å²) >= 11 is 0. The summed E-state index contributed by atoms with van der Waals surface area (Å²) in [5.74, 6) is -1.19. The predicted octanol–water partition coefficient (Wildman–Crippen LogP) is 3.81. The van der Waals surface area contributed by atoms with Crippen LogP contribution in [0.15, 0.2) is 53.1 Å². The molecule has 128 valence electrons. The zero-order valence-corrected chi connectivity index (χ0v) is 13.3. The van der Waals surface area contributed by atoms with E-state index in [0.717, 1.165) is 23.4 Å². The third kappa shape index (κ3) is 4.00. The van der Waals surface area contributed by atoms with E-state index >= 15 is 0 Å². The molecular formula is C18H14F2N2O3. The number of hydrogen-bond acceptors (Lipinski definition) is 4. The molecule has 0 radical (unpaired) electrons. The lowest BCUT2D eigenvalue weighted by molar-refractivity contribution is -0.115. The van der Waals surface area contributed by atoms with E-state index in [2.05, 4.69) is 10.5 Å².